The van der Waals surface area contributed by atoms with Crippen LogP contribution in [-0.4, -0.2) is 72.4 Å². The molecule has 0 saturated heterocycles. The Kier molecular flexibility index (Phi) is 14.2. The lowest BCUT2D eigenvalue weighted by atomic mass is 10.2. The highest BCUT2D eigenvalue weighted by atomic mass is 32.2. The van der Waals surface area contributed by atoms with Crippen LogP contribution in [0.4, 0.5) is 20.1 Å². The van der Waals surface area contributed by atoms with E-state index < -0.39 is 0 Å². The number of unbranched alkanes of at least 4 members (excludes halogenated alkanes) is 2. The quantitative estimate of drug-likeness (QED) is 0.0978. The van der Waals surface area contributed by atoms with Crippen molar-refractivity contribution in [3.63, 3.8) is 0 Å². The first-order valence-electron chi connectivity index (χ1n) is 13.6. The van der Waals surface area contributed by atoms with Crippen LogP contribution in [0.3, 0.4) is 0 Å². The third kappa shape index (κ3) is 13.2. The van der Waals surface area contributed by atoms with Crippen LogP contribution in [0.1, 0.15) is 30.5 Å². The van der Waals surface area contributed by atoms with Gasteiger partial charge in [0.05, 0.1) is 5.69 Å². The molecule has 10 nitrogen and oxygen atoms in total. The number of nitrogens with two attached hydrogens (primary N) is 2. The van der Waals surface area contributed by atoms with Crippen LogP contribution in [0, 0.1) is 5.82 Å². The number of carbonyl (C=O) groups excluding carboxylic acids is 1. The minimum atomic E-state index is -0.229. The maximum Gasteiger partial charge on any atom is 0.314 e. The number of pyridine rings is 1. The van der Waals surface area contributed by atoms with Crippen molar-refractivity contribution in [1.82, 2.24) is 25.5 Å². The molecule has 0 bridgehead atoms. The summed E-state index contributed by atoms with van der Waals surface area (Å²) in [5, 5.41) is 8.30. The maximum atomic E-state index is 13.3. The molecule has 0 atom stereocenters. The molecule has 0 aliphatic carbocycles. The van der Waals surface area contributed by atoms with E-state index in [-0.39, 0.29) is 17.8 Å². The molecule has 0 fully saturated rings. The first kappa shape index (κ1) is 32.1. The summed E-state index contributed by atoms with van der Waals surface area (Å²) < 4.78 is 13.3. The Balaban J connectivity index is 1.22. The molecule has 0 saturated carbocycles. The van der Waals surface area contributed by atoms with Gasteiger partial charge in [-0.2, -0.15) is 16.8 Å². The van der Waals surface area contributed by atoms with Crippen LogP contribution < -0.4 is 27.0 Å². The number of urea groups is 1. The normalized spacial score (nSPS) is 10.9. The predicted octanol–water partition coefficient (Wildman–Crippen LogP) is 3.92. The number of halogens is 1. The molecule has 13 heteroatoms. The first-order chi connectivity index (χ1) is 19.9. The number of anilines is 1. The van der Waals surface area contributed by atoms with Gasteiger partial charge >= 0.3 is 6.03 Å². The third-order valence-electron chi connectivity index (χ3n) is 6.06. The van der Waals surface area contributed by atoms with E-state index in [2.05, 4.69) is 42.4 Å². The number of aliphatic imine (C=N–C) groups is 1. The number of nitrogens with zero attached hydrogens (tertiary/aromatic N) is 5. The Hall–Kier alpha value is -3.42. The van der Waals surface area contributed by atoms with Crippen molar-refractivity contribution in [2.45, 2.75) is 31.6 Å². The van der Waals surface area contributed by atoms with E-state index in [0.717, 1.165) is 67.5 Å². The lowest BCUT2D eigenvalue weighted by molar-refractivity contribution is 0.241. The Bertz CT molecular complexity index is 1190. The molecule has 2 aromatic heterocycles. The average molecular weight is 602 g/mol. The van der Waals surface area contributed by atoms with Crippen molar-refractivity contribution in [2.24, 2.45) is 16.5 Å². The molecule has 6 N–H and O–H groups in total. The highest BCUT2D eigenvalue weighted by Gasteiger charge is 2.10. The fraction of sp³-hybridized carbons (Fsp3) is 0.429. The number of carbonyl (C=O) groups is 1. The second-order valence-electron chi connectivity index (χ2n) is 9.49. The summed E-state index contributed by atoms with van der Waals surface area (Å²) in [6.07, 6.45) is 4.82. The van der Waals surface area contributed by atoms with Crippen molar-refractivity contribution < 1.29 is 9.18 Å². The van der Waals surface area contributed by atoms with Gasteiger partial charge in [0.2, 0.25) is 5.13 Å². The summed E-state index contributed by atoms with van der Waals surface area (Å²) >= 11 is 3.09. The van der Waals surface area contributed by atoms with E-state index in [0.29, 0.717) is 24.8 Å². The zero-order valence-corrected chi connectivity index (χ0v) is 25.1. The van der Waals surface area contributed by atoms with Crippen molar-refractivity contribution in [3.05, 3.63) is 71.1 Å². The van der Waals surface area contributed by atoms with E-state index in [1.165, 1.54) is 23.5 Å². The summed E-state index contributed by atoms with van der Waals surface area (Å²) in [6, 6.07) is 12.4. The fourth-order valence-corrected chi connectivity index (χ4v) is 5.47. The van der Waals surface area contributed by atoms with E-state index in [1.54, 1.807) is 18.0 Å². The zero-order valence-electron chi connectivity index (χ0n) is 23.5. The van der Waals surface area contributed by atoms with Crippen LogP contribution in [0.25, 0.3) is 0 Å². The van der Waals surface area contributed by atoms with Gasteiger partial charge in [0.25, 0.3) is 0 Å². The van der Waals surface area contributed by atoms with Crippen LogP contribution in [0.15, 0.2) is 59.0 Å². The van der Waals surface area contributed by atoms with Gasteiger partial charge in [-0.3, -0.25) is 0 Å². The van der Waals surface area contributed by atoms with Crippen molar-refractivity contribution in [3.8, 4) is 0 Å². The summed E-state index contributed by atoms with van der Waals surface area (Å²) in [5.74, 6) is 2.21. The molecule has 0 aliphatic heterocycles. The van der Waals surface area contributed by atoms with Gasteiger partial charge < -0.3 is 31.9 Å². The Morgan fingerprint density at radius 1 is 1.05 bits per heavy atom. The molecule has 41 heavy (non-hydrogen) atoms. The second kappa shape index (κ2) is 18.1. The summed E-state index contributed by atoms with van der Waals surface area (Å²) in [6.45, 7) is 4.58. The van der Waals surface area contributed by atoms with Gasteiger partial charge in [-0.15, -0.1) is 11.3 Å². The van der Waals surface area contributed by atoms with E-state index in [9.17, 15) is 9.18 Å². The van der Waals surface area contributed by atoms with E-state index in [4.69, 9.17) is 11.5 Å². The Labute approximate surface area is 249 Å². The van der Waals surface area contributed by atoms with Gasteiger partial charge in [-0.05, 0) is 56.3 Å². The molecule has 2 amide bonds. The number of benzene rings is 1. The van der Waals surface area contributed by atoms with Crippen LogP contribution >= 0.6 is 23.1 Å². The summed E-state index contributed by atoms with van der Waals surface area (Å²) in [5.41, 5.74) is 12.7. The molecule has 3 aromatic rings. The molecule has 222 valence electrons. The molecule has 0 unspecified atom stereocenters. The maximum absolute atomic E-state index is 13.3. The second-order valence-corrected chi connectivity index (χ2v) is 11.4. The minimum Gasteiger partial charge on any atom is -0.370 e. The number of nitrogens with one attached hydrogen (secondary N) is 2. The highest BCUT2D eigenvalue weighted by Crippen LogP contribution is 2.21. The Morgan fingerprint density at radius 2 is 1.85 bits per heavy atom. The van der Waals surface area contributed by atoms with Crippen molar-refractivity contribution >= 4 is 46.0 Å². The summed E-state index contributed by atoms with van der Waals surface area (Å²) in [7, 11) is 2.12. The molecular weight excluding hydrogens is 562 g/mol. The predicted molar refractivity (Wildman–Crippen MR) is 168 cm³/mol. The van der Waals surface area contributed by atoms with E-state index >= 15 is 0 Å². The first-order valence-corrected chi connectivity index (χ1v) is 15.6. The number of hydrogen-bond acceptors (Lipinski definition) is 8. The number of rotatable bonds is 18. The smallest absolute Gasteiger partial charge is 0.314 e. The largest absolute Gasteiger partial charge is 0.370 e. The highest BCUT2D eigenvalue weighted by molar-refractivity contribution is 7.98. The molecular formula is C28H40FN9OS2. The Morgan fingerprint density at radius 3 is 2.61 bits per heavy atom. The zero-order chi connectivity index (χ0) is 29.3. The SMILES string of the molecule is CN(CCCCCNC(=O)NCCSCc1csc(N=C(N)N)n1)CCN(Cc1ccc(F)cc1)c1ccccn1. The van der Waals surface area contributed by atoms with Crippen LogP contribution in [0.5, 0.6) is 0 Å². The minimum absolute atomic E-state index is 0.000883. The molecule has 1 aromatic carbocycles. The van der Waals surface area contributed by atoms with Crippen molar-refractivity contribution in [2.75, 3.05) is 50.4 Å². The molecule has 2 heterocycles. The van der Waals surface area contributed by atoms with Gasteiger partial charge in [0.1, 0.15) is 11.6 Å². The topological polar surface area (TPSA) is 138 Å². The fourth-order valence-electron chi connectivity index (χ4n) is 3.91. The molecule has 3 rings (SSSR count). The van der Waals surface area contributed by atoms with Gasteiger partial charge in [-0.1, -0.05) is 24.6 Å². The van der Waals surface area contributed by atoms with Crippen LogP contribution in [-0.2, 0) is 12.3 Å². The summed E-state index contributed by atoms with van der Waals surface area (Å²) in [4.78, 5) is 29.3. The van der Waals surface area contributed by atoms with Crippen molar-refractivity contribution in [1.29, 1.82) is 0 Å². The van der Waals surface area contributed by atoms with Gasteiger partial charge in [-0.25, -0.2) is 19.2 Å². The van der Waals surface area contributed by atoms with Gasteiger partial charge in [0.15, 0.2) is 5.96 Å². The number of hydrogen-bond donors (Lipinski definition) is 4. The number of amides is 2. The third-order valence-corrected chi connectivity index (χ3v) is 7.84. The van der Waals surface area contributed by atoms with Crippen LogP contribution in [0.2, 0.25) is 0 Å². The molecule has 0 spiro atoms. The van der Waals surface area contributed by atoms with E-state index in [1.807, 2.05) is 35.7 Å². The standard InChI is InChI=1S/C28H40FN9OS2/c1-37(16-17-38(25-7-3-5-12-32-25)19-22-8-10-23(29)11-9-22)15-6-2-4-13-33-27(39)34-14-18-40-20-24-21-41-28(35-24)36-26(30)31/h3,5,7-12,21H,2,4,6,13-20H2,1H3,(H2,33,34,39)(H4,30,31,35,36). The molecule has 0 aliphatic rings. The number of thiazole rings is 1. The lowest BCUT2D eigenvalue weighted by Gasteiger charge is -2.27. The number of aromatic nitrogens is 2. The number of guanidine groups is 1. The molecule has 0 radical (unpaired) electrons. The monoisotopic (exact) mass is 601 g/mol. The number of likely N-dealkylation sites (N-methyl/N-ethyl adjacent to an activating group) is 1. The van der Waals surface area contributed by atoms with Gasteiger partial charge in [0, 0.05) is 55.8 Å². The number of thioether (sulfide) groups is 1. The average Bonchev–Trinajstić information content (AvgIpc) is 3.40. The lowest BCUT2D eigenvalue weighted by Crippen LogP contribution is -2.37.